The lowest BCUT2D eigenvalue weighted by Crippen LogP contribution is -2.56. The Morgan fingerprint density at radius 2 is 1.73 bits per heavy atom. The van der Waals surface area contributed by atoms with Gasteiger partial charge in [-0.2, -0.15) is 4.31 Å². The third-order valence-electron chi connectivity index (χ3n) is 5.16. The summed E-state index contributed by atoms with van der Waals surface area (Å²) in [7, 11) is -3.14. The van der Waals surface area contributed by atoms with E-state index >= 15 is 0 Å². The Hall–Kier alpha value is -0.860. The predicted molar refractivity (Wildman–Crippen MR) is 84.1 cm³/mol. The number of sulfonamides is 1. The summed E-state index contributed by atoms with van der Waals surface area (Å²) in [6, 6.07) is 0.710. The second-order valence-electron chi connectivity index (χ2n) is 6.59. The number of hydrogen-bond acceptors (Lipinski definition) is 4. The van der Waals surface area contributed by atoms with Crippen LogP contribution in [-0.2, 0) is 10.0 Å². The number of fused-ring (bicyclic) bond motifs is 1. The molecule has 1 N–H and O–H groups in total. The maximum atomic E-state index is 12.4. The van der Waals surface area contributed by atoms with Crippen molar-refractivity contribution in [3.8, 4) is 0 Å². The van der Waals surface area contributed by atoms with Crippen molar-refractivity contribution in [1.29, 1.82) is 0 Å². The Kier molecular flexibility index (Phi) is 4.61. The fourth-order valence-corrected chi connectivity index (χ4v) is 4.72. The largest absolute Gasteiger partial charge is 0.334 e. The number of nitrogens with zero attached hydrogens (tertiary/aromatic N) is 3. The van der Waals surface area contributed by atoms with Crippen LogP contribution in [0.2, 0.25) is 0 Å². The first kappa shape index (κ1) is 16.0. The van der Waals surface area contributed by atoms with E-state index < -0.39 is 10.0 Å². The SMILES string of the molecule is CS(=O)(=O)N1CCN(C(=O)N[C@@H]2CCN3CCCC[C@H]23)CC1. The Labute approximate surface area is 132 Å². The van der Waals surface area contributed by atoms with Crippen LogP contribution >= 0.6 is 0 Å². The molecule has 3 saturated heterocycles. The minimum atomic E-state index is -3.14. The maximum Gasteiger partial charge on any atom is 0.317 e. The lowest BCUT2D eigenvalue weighted by atomic mass is 9.99. The molecule has 0 spiro atoms. The molecule has 126 valence electrons. The van der Waals surface area contributed by atoms with E-state index in [9.17, 15) is 13.2 Å². The number of rotatable bonds is 2. The highest BCUT2D eigenvalue weighted by Crippen LogP contribution is 2.27. The van der Waals surface area contributed by atoms with Crippen LogP contribution < -0.4 is 5.32 Å². The number of carbonyl (C=O) groups is 1. The number of nitrogens with one attached hydrogen (secondary N) is 1. The van der Waals surface area contributed by atoms with Crippen molar-refractivity contribution in [1.82, 2.24) is 19.4 Å². The Morgan fingerprint density at radius 3 is 2.41 bits per heavy atom. The molecule has 0 aliphatic carbocycles. The summed E-state index contributed by atoms with van der Waals surface area (Å²) in [5.41, 5.74) is 0. The molecule has 2 atom stereocenters. The van der Waals surface area contributed by atoms with Crippen molar-refractivity contribution in [2.45, 2.75) is 37.8 Å². The summed E-state index contributed by atoms with van der Waals surface area (Å²) < 4.78 is 24.4. The molecule has 0 aromatic rings. The highest BCUT2D eigenvalue weighted by atomic mass is 32.2. The van der Waals surface area contributed by atoms with E-state index in [1.54, 1.807) is 4.90 Å². The first-order valence-corrected chi connectivity index (χ1v) is 10.0. The van der Waals surface area contributed by atoms with Crippen LogP contribution in [0.4, 0.5) is 4.79 Å². The van der Waals surface area contributed by atoms with Gasteiger partial charge < -0.3 is 10.2 Å². The molecule has 0 aromatic carbocycles. The Morgan fingerprint density at radius 1 is 1.00 bits per heavy atom. The summed E-state index contributed by atoms with van der Waals surface area (Å²) in [6.45, 7) is 3.97. The fraction of sp³-hybridized carbons (Fsp3) is 0.929. The van der Waals surface area contributed by atoms with Crippen molar-refractivity contribution in [2.24, 2.45) is 0 Å². The zero-order chi connectivity index (χ0) is 15.7. The van der Waals surface area contributed by atoms with Crippen molar-refractivity contribution in [2.75, 3.05) is 45.5 Å². The summed E-state index contributed by atoms with van der Waals surface area (Å²) >= 11 is 0. The summed E-state index contributed by atoms with van der Waals surface area (Å²) in [5, 5.41) is 3.18. The number of amides is 2. The number of urea groups is 1. The number of carbonyl (C=O) groups excluding carboxylic acids is 1. The van der Waals surface area contributed by atoms with E-state index in [-0.39, 0.29) is 12.1 Å². The van der Waals surface area contributed by atoms with Crippen LogP contribution in [0.3, 0.4) is 0 Å². The fourth-order valence-electron chi connectivity index (χ4n) is 3.89. The molecule has 3 aliphatic heterocycles. The summed E-state index contributed by atoms with van der Waals surface area (Å²) in [5.74, 6) is 0. The van der Waals surface area contributed by atoms with Crippen LogP contribution in [0.15, 0.2) is 0 Å². The number of hydrogen-bond donors (Lipinski definition) is 1. The highest BCUT2D eigenvalue weighted by Gasteiger charge is 2.37. The van der Waals surface area contributed by atoms with Gasteiger partial charge in [-0.1, -0.05) is 6.42 Å². The average molecular weight is 330 g/mol. The second-order valence-corrected chi connectivity index (χ2v) is 8.58. The van der Waals surface area contributed by atoms with Crippen molar-refractivity contribution in [3.05, 3.63) is 0 Å². The van der Waals surface area contributed by atoms with Gasteiger partial charge in [0, 0.05) is 44.8 Å². The monoisotopic (exact) mass is 330 g/mol. The molecular formula is C14H26N4O3S. The maximum absolute atomic E-state index is 12.4. The van der Waals surface area contributed by atoms with Gasteiger partial charge in [0.2, 0.25) is 10.0 Å². The molecule has 0 radical (unpaired) electrons. The molecule has 8 heteroatoms. The molecule has 0 saturated carbocycles. The zero-order valence-corrected chi connectivity index (χ0v) is 14.0. The molecule has 0 aromatic heterocycles. The molecule has 2 amide bonds. The van der Waals surface area contributed by atoms with Gasteiger partial charge >= 0.3 is 6.03 Å². The molecule has 3 rings (SSSR count). The molecular weight excluding hydrogens is 304 g/mol. The van der Waals surface area contributed by atoms with Gasteiger partial charge in [-0.25, -0.2) is 13.2 Å². The topological polar surface area (TPSA) is 73.0 Å². The number of piperazine rings is 1. The Bertz CT molecular complexity index is 516. The Balaban J connectivity index is 1.51. The van der Waals surface area contributed by atoms with Crippen LogP contribution in [0, 0.1) is 0 Å². The van der Waals surface area contributed by atoms with Gasteiger partial charge in [0.15, 0.2) is 0 Å². The van der Waals surface area contributed by atoms with E-state index in [0.717, 1.165) is 19.5 Å². The van der Waals surface area contributed by atoms with E-state index in [1.807, 2.05) is 0 Å². The van der Waals surface area contributed by atoms with E-state index in [4.69, 9.17) is 0 Å². The van der Waals surface area contributed by atoms with Crippen LogP contribution in [0.1, 0.15) is 25.7 Å². The average Bonchev–Trinajstić information content (AvgIpc) is 2.90. The lowest BCUT2D eigenvalue weighted by molar-refractivity contribution is 0.155. The lowest BCUT2D eigenvalue weighted by Gasteiger charge is -2.36. The van der Waals surface area contributed by atoms with Crippen molar-refractivity contribution >= 4 is 16.1 Å². The normalized spacial score (nSPS) is 31.0. The zero-order valence-electron chi connectivity index (χ0n) is 13.2. The minimum Gasteiger partial charge on any atom is -0.334 e. The third-order valence-corrected chi connectivity index (χ3v) is 6.46. The van der Waals surface area contributed by atoms with Gasteiger partial charge in [-0.15, -0.1) is 0 Å². The molecule has 0 unspecified atom stereocenters. The molecule has 22 heavy (non-hydrogen) atoms. The van der Waals surface area contributed by atoms with E-state index in [2.05, 4.69) is 10.2 Å². The second kappa shape index (κ2) is 6.33. The molecule has 3 heterocycles. The van der Waals surface area contributed by atoms with Crippen molar-refractivity contribution in [3.63, 3.8) is 0 Å². The smallest absolute Gasteiger partial charge is 0.317 e. The molecule has 3 fully saturated rings. The van der Waals surface area contributed by atoms with Gasteiger partial charge in [-0.05, 0) is 25.8 Å². The number of piperidine rings is 1. The minimum absolute atomic E-state index is 0.0365. The van der Waals surface area contributed by atoms with Crippen LogP contribution in [0.5, 0.6) is 0 Å². The van der Waals surface area contributed by atoms with Gasteiger partial charge in [0.1, 0.15) is 0 Å². The predicted octanol–water partition coefficient (Wildman–Crippen LogP) is -0.1000. The van der Waals surface area contributed by atoms with Crippen LogP contribution in [0.25, 0.3) is 0 Å². The van der Waals surface area contributed by atoms with Crippen molar-refractivity contribution < 1.29 is 13.2 Å². The summed E-state index contributed by atoms with van der Waals surface area (Å²) in [6.07, 6.45) is 5.94. The molecule has 7 nitrogen and oxygen atoms in total. The first-order chi connectivity index (χ1) is 10.4. The summed E-state index contributed by atoms with van der Waals surface area (Å²) in [4.78, 5) is 16.7. The molecule has 0 bridgehead atoms. The van der Waals surface area contributed by atoms with Gasteiger partial charge in [-0.3, -0.25) is 4.90 Å². The quantitative estimate of drug-likeness (QED) is 0.767. The highest BCUT2D eigenvalue weighted by molar-refractivity contribution is 7.88. The van der Waals surface area contributed by atoms with Gasteiger partial charge in [0.05, 0.1) is 6.26 Å². The van der Waals surface area contributed by atoms with Crippen LogP contribution in [-0.4, -0.2) is 86.2 Å². The molecule has 3 aliphatic rings. The third kappa shape index (κ3) is 3.38. The first-order valence-electron chi connectivity index (χ1n) is 8.20. The standard InChI is InChI=1S/C14H26N4O3S/c1-22(20,21)18-10-8-17(9-11-18)14(19)15-12-5-7-16-6-3-2-4-13(12)16/h12-13H,2-11H2,1H3,(H,15,19)/t12-,13-/m1/s1. The van der Waals surface area contributed by atoms with E-state index in [1.165, 1.54) is 29.8 Å². The van der Waals surface area contributed by atoms with Gasteiger partial charge in [0.25, 0.3) is 0 Å². The van der Waals surface area contributed by atoms with E-state index in [0.29, 0.717) is 32.2 Å².